The summed E-state index contributed by atoms with van der Waals surface area (Å²) >= 11 is 1.13. The van der Waals surface area contributed by atoms with Gasteiger partial charge in [0.05, 0.1) is 36.2 Å². The molecule has 1 heterocycles. The second-order valence-corrected chi connectivity index (χ2v) is 11.5. The summed E-state index contributed by atoms with van der Waals surface area (Å²) in [6.45, 7) is 0. The molecule has 0 amide bonds. The molecule has 0 saturated carbocycles. The third-order valence-corrected chi connectivity index (χ3v) is 8.82. The lowest BCUT2D eigenvalue weighted by Crippen LogP contribution is -2.43. The molecule has 12 nitrogen and oxygen atoms in total. The monoisotopic (exact) mass is 586 g/mol. The largest absolute Gasteiger partial charge is 0.497 e. The summed E-state index contributed by atoms with van der Waals surface area (Å²) < 4.78 is 38.3. The van der Waals surface area contributed by atoms with E-state index in [-0.39, 0.29) is 21.1 Å². The number of aliphatic hydroxyl groups is 1. The van der Waals surface area contributed by atoms with E-state index in [1.807, 2.05) is 12.1 Å². The Balaban J connectivity index is 1.40. The van der Waals surface area contributed by atoms with Gasteiger partial charge in [0.2, 0.25) is 10.0 Å². The molecule has 0 spiro atoms. The second kappa shape index (κ2) is 12.6. The highest BCUT2D eigenvalue weighted by molar-refractivity contribution is 7.99. The maximum Gasteiger partial charge on any atom is 0.321 e. The van der Waals surface area contributed by atoms with E-state index in [9.17, 15) is 23.4 Å². The van der Waals surface area contributed by atoms with Crippen molar-refractivity contribution in [3.63, 3.8) is 0 Å². The molecule has 3 aromatic rings. The molecule has 4 rings (SSSR count). The van der Waals surface area contributed by atoms with E-state index in [1.165, 1.54) is 18.5 Å². The van der Waals surface area contributed by atoms with Crippen LogP contribution >= 0.6 is 11.9 Å². The number of carboxylic acids is 1. The van der Waals surface area contributed by atoms with Crippen LogP contribution in [0.25, 0.3) is 11.1 Å². The van der Waals surface area contributed by atoms with Crippen molar-refractivity contribution in [2.24, 2.45) is 15.5 Å². The van der Waals surface area contributed by atoms with Crippen LogP contribution in [-0.4, -0.2) is 63.1 Å². The average molecular weight is 587 g/mol. The molecule has 0 aromatic heterocycles. The SMILES string of the molecule is COc1ccc(-c2ccc(S(=O)(=O)NC(CC(O)CS[N+]3(c4ccc(OC)cc4)C=NN=N3)C(=O)O)cc2)cc1. The van der Waals surface area contributed by atoms with E-state index >= 15 is 0 Å². The molecule has 3 unspecified atom stereocenters. The number of ether oxygens (including phenoxy) is 2. The summed E-state index contributed by atoms with van der Waals surface area (Å²) in [5.74, 6) is -0.0574. The van der Waals surface area contributed by atoms with Crippen molar-refractivity contribution >= 4 is 40.0 Å². The van der Waals surface area contributed by atoms with Crippen molar-refractivity contribution in [3.05, 3.63) is 72.8 Å². The third-order valence-electron chi connectivity index (χ3n) is 6.03. The number of hydrogen-bond donors (Lipinski definition) is 3. The Morgan fingerprint density at radius 2 is 1.50 bits per heavy atom. The predicted molar refractivity (Wildman–Crippen MR) is 151 cm³/mol. The van der Waals surface area contributed by atoms with Crippen molar-refractivity contribution < 1.29 is 32.9 Å². The van der Waals surface area contributed by atoms with E-state index in [4.69, 9.17) is 9.47 Å². The van der Waals surface area contributed by atoms with Crippen LogP contribution in [0.2, 0.25) is 0 Å². The fraction of sp³-hybridized carbons (Fsp3) is 0.231. The first-order chi connectivity index (χ1) is 19.2. The number of aliphatic carboxylic acids is 1. The lowest BCUT2D eigenvalue weighted by Gasteiger charge is -2.22. The van der Waals surface area contributed by atoms with E-state index in [0.717, 1.165) is 23.1 Å². The molecule has 3 aromatic carbocycles. The zero-order valence-corrected chi connectivity index (χ0v) is 23.2. The first-order valence-electron chi connectivity index (χ1n) is 12.0. The molecular weight excluding hydrogens is 558 g/mol. The van der Waals surface area contributed by atoms with Crippen LogP contribution in [0.1, 0.15) is 6.42 Å². The zero-order valence-electron chi connectivity index (χ0n) is 21.6. The summed E-state index contributed by atoms with van der Waals surface area (Å²) in [6, 6.07) is 18.8. The smallest absolute Gasteiger partial charge is 0.321 e. The summed E-state index contributed by atoms with van der Waals surface area (Å²) in [7, 11) is -1.08. The maximum atomic E-state index is 13.0. The number of nitrogens with one attached hydrogen (secondary N) is 1. The molecule has 0 aliphatic carbocycles. The molecule has 40 heavy (non-hydrogen) atoms. The summed E-state index contributed by atoms with van der Waals surface area (Å²) in [6.07, 6.45) is -0.0992. The molecule has 210 valence electrons. The Labute approximate surface area is 235 Å². The maximum absolute atomic E-state index is 13.0. The second-order valence-electron chi connectivity index (χ2n) is 8.68. The standard InChI is InChI=1S/C26H27N5O7S2/c1-37-22-9-3-18(4-10-22)19-5-13-24(14-6-19)40(35,36)28-25(26(33)34)15-21(32)16-39-31(17-27-29-30-31)20-7-11-23(38-2)12-8-20/h3-14,17,21,25,28,32H,15-16H2,1-2H3/p+1. The average Bonchev–Trinajstić information content (AvgIpc) is 3.46. The van der Waals surface area contributed by atoms with Gasteiger partial charge in [-0.2, -0.15) is 4.72 Å². The van der Waals surface area contributed by atoms with Gasteiger partial charge >= 0.3 is 5.97 Å². The minimum absolute atomic E-state index is 0.0130. The lowest BCUT2D eigenvalue weighted by atomic mass is 10.1. The van der Waals surface area contributed by atoms with E-state index in [1.54, 1.807) is 62.8 Å². The highest BCUT2D eigenvalue weighted by Gasteiger charge is 2.38. The van der Waals surface area contributed by atoms with Crippen molar-refractivity contribution in [1.29, 1.82) is 0 Å². The predicted octanol–water partition coefficient (Wildman–Crippen LogP) is 3.83. The fourth-order valence-electron chi connectivity index (χ4n) is 3.85. The Kier molecular flexibility index (Phi) is 9.17. The van der Waals surface area contributed by atoms with Gasteiger partial charge in [-0.05, 0) is 51.5 Å². The van der Waals surface area contributed by atoms with E-state index in [0.29, 0.717) is 17.2 Å². The van der Waals surface area contributed by atoms with Gasteiger partial charge < -0.3 is 19.7 Å². The summed E-state index contributed by atoms with van der Waals surface area (Å²) in [4.78, 5) is 11.8. The molecule has 0 bridgehead atoms. The summed E-state index contributed by atoms with van der Waals surface area (Å²) in [5, 5.41) is 32.0. The van der Waals surface area contributed by atoms with Crippen molar-refractivity contribution in [1.82, 2.24) is 8.72 Å². The van der Waals surface area contributed by atoms with Gasteiger partial charge in [0, 0.05) is 23.8 Å². The number of hydrogen-bond acceptors (Lipinski definition) is 10. The minimum Gasteiger partial charge on any atom is -0.497 e. The molecule has 0 fully saturated rings. The van der Waals surface area contributed by atoms with Crippen LogP contribution in [0.4, 0.5) is 5.69 Å². The molecule has 3 atom stereocenters. The molecule has 3 N–H and O–H groups in total. The van der Waals surface area contributed by atoms with Crippen LogP contribution < -0.4 is 18.2 Å². The Morgan fingerprint density at radius 1 is 0.950 bits per heavy atom. The molecular formula is C26H28N5O7S2+. The van der Waals surface area contributed by atoms with Gasteiger partial charge in [-0.15, -0.1) is 0 Å². The van der Waals surface area contributed by atoms with Crippen LogP contribution in [0.15, 0.2) is 93.2 Å². The molecule has 0 radical (unpaired) electrons. The van der Waals surface area contributed by atoms with Crippen molar-refractivity contribution in [3.8, 4) is 22.6 Å². The van der Waals surface area contributed by atoms with Gasteiger partial charge in [-0.3, -0.25) is 4.79 Å². The number of methoxy groups -OCH3 is 2. The topological polar surface area (TPSA) is 159 Å². The number of carbonyl (C=O) groups is 1. The van der Waals surface area contributed by atoms with E-state index < -0.39 is 28.1 Å². The van der Waals surface area contributed by atoms with Gasteiger partial charge in [0.1, 0.15) is 29.5 Å². The highest BCUT2D eigenvalue weighted by atomic mass is 32.2. The van der Waals surface area contributed by atoms with Crippen molar-refractivity contribution in [2.75, 3.05) is 20.0 Å². The normalized spacial score (nSPS) is 17.9. The number of quaternary nitrogens is 1. The van der Waals surface area contributed by atoms with Gasteiger partial charge in [0.25, 0.3) is 6.34 Å². The van der Waals surface area contributed by atoms with Crippen LogP contribution in [-0.2, 0) is 14.8 Å². The van der Waals surface area contributed by atoms with Gasteiger partial charge in [-0.1, -0.05) is 29.4 Å². The lowest BCUT2D eigenvalue weighted by molar-refractivity contribution is -0.139. The Morgan fingerprint density at radius 3 is 2.00 bits per heavy atom. The first kappa shape index (κ1) is 29.2. The Bertz CT molecular complexity index is 1470. The molecule has 1 aliphatic heterocycles. The van der Waals surface area contributed by atoms with Crippen LogP contribution in [0.3, 0.4) is 0 Å². The molecule has 0 saturated heterocycles. The number of nitrogens with zero attached hydrogens (tertiary/aromatic N) is 4. The Hall–Kier alpha value is -3.82. The van der Waals surface area contributed by atoms with E-state index in [2.05, 4.69) is 20.3 Å². The van der Waals surface area contributed by atoms with Gasteiger partial charge in [-0.25, -0.2) is 8.42 Å². The number of aliphatic hydroxyl groups excluding tert-OH is 1. The quantitative estimate of drug-likeness (QED) is 0.201. The number of sulfonamides is 1. The number of rotatable bonds is 13. The summed E-state index contributed by atoms with van der Waals surface area (Å²) in [5.41, 5.74) is 2.32. The van der Waals surface area contributed by atoms with Crippen LogP contribution in [0.5, 0.6) is 11.5 Å². The zero-order chi connectivity index (χ0) is 28.8. The third kappa shape index (κ3) is 6.84. The fourth-order valence-corrected chi connectivity index (χ4v) is 6.05. The van der Waals surface area contributed by atoms with Crippen LogP contribution in [0, 0.1) is 0 Å². The first-order valence-corrected chi connectivity index (χ1v) is 14.4. The number of carboxylic acid groups (broad SMARTS) is 1. The van der Waals surface area contributed by atoms with Crippen molar-refractivity contribution in [2.45, 2.75) is 23.5 Å². The molecule has 1 aliphatic rings. The van der Waals surface area contributed by atoms with Gasteiger partial charge in [0.15, 0.2) is 5.69 Å². The highest BCUT2D eigenvalue weighted by Crippen LogP contribution is 2.36. The number of benzene rings is 3. The molecule has 14 heteroatoms. The minimum atomic E-state index is -4.19.